The number of hydrogen-bond acceptors (Lipinski definition) is 6. The van der Waals surface area contributed by atoms with Gasteiger partial charge in [-0.05, 0) is 48.5 Å². The predicted molar refractivity (Wildman–Crippen MR) is 142 cm³/mol. The number of thiazole rings is 1. The summed E-state index contributed by atoms with van der Waals surface area (Å²) in [5.74, 6) is -0.106. The highest BCUT2D eigenvalue weighted by Crippen LogP contribution is 2.36. The Morgan fingerprint density at radius 2 is 1.72 bits per heavy atom. The van der Waals surface area contributed by atoms with Crippen LogP contribution in [0.25, 0.3) is 27.2 Å². The number of fused-ring (bicyclic) bond motifs is 2. The smallest absolute Gasteiger partial charge is 0.270 e. The average molecular weight is 535 g/mol. The number of halogens is 1. The van der Waals surface area contributed by atoms with Crippen molar-refractivity contribution < 1.29 is 13.2 Å². The Morgan fingerprint density at radius 3 is 2.44 bits per heavy atom. The van der Waals surface area contributed by atoms with Gasteiger partial charge < -0.3 is 9.47 Å². The molecule has 3 aromatic heterocycles. The van der Waals surface area contributed by atoms with Crippen LogP contribution in [0, 0.1) is 0 Å². The van der Waals surface area contributed by atoms with E-state index >= 15 is 0 Å². The molecule has 0 radical (unpaired) electrons. The van der Waals surface area contributed by atoms with Crippen LogP contribution in [-0.4, -0.2) is 41.7 Å². The van der Waals surface area contributed by atoms with Gasteiger partial charge in [-0.3, -0.25) is 9.78 Å². The Bertz CT molecular complexity index is 1740. The number of benzene rings is 2. The first-order valence-corrected chi connectivity index (χ1v) is 14.2. The molecule has 0 fully saturated rings. The van der Waals surface area contributed by atoms with Gasteiger partial charge in [-0.1, -0.05) is 23.7 Å². The maximum atomic E-state index is 13.5. The van der Waals surface area contributed by atoms with E-state index in [1.165, 1.54) is 17.6 Å². The van der Waals surface area contributed by atoms with Crippen LogP contribution in [0.5, 0.6) is 0 Å². The molecular weight excluding hydrogens is 516 g/mol. The molecular formula is C26H19ClN4O3S2. The molecule has 0 spiro atoms. The van der Waals surface area contributed by atoms with Gasteiger partial charge in [0.1, 0.15) is 14.9 Å². The number of nitrogens with zero attached hydrogens (tertiary/aromatic N) is 4. The number of carbonyl (C=O) groups is 1. The van der Waals surface area contributed by atoms with E-state index in [0.29, 0.717) is 34.2 Å². The molecule has 0 saturated heterocycles. The molecule has 0 atom stereocenters. The van der Waals surface area contributed by atoms with Crippen LogP contribution in [-0.2, 0) is 16.3 Å². The number of hydrogen-bond donors (Lipinski definition) is 0. The Labute approximate surface area is 216 Å². The lowest BCUT2D eigenvalue weighted by atomic mass is 10.1. The first kappa shape index (κ1) is 22.9. The Hall–Kier alpha value is -3.53. The van der Waals surface area contributed by atoms with Crippen LogP contribution in [0.1, 0.15) is 15.4 Å². The minimum Gasteiger partial charge on any atom is -0.307 e. The molecule has 4 heterocycles. The molecule has 180 valence electrons. The van der Waals surface area contributed by atoms with Gasteiger partial charge in [-0.2, -0.15) is 0 Å². The van der Waals surface area contributed by atoms with E-state index in [1.54, 1.807) is 40.1 Å². The third-order valence-corrected chi connectivity index (χ3v) is 8.61. The van der Waals surface area contributed by atoms with Gasteiger partial charge in [0.05, 0.1) is 11.2 Å². The number of aromatic nitrogens is 3. The van der Waals surface area contributed by atoms with Crippen molar-refractivity contribution in [3.05, 3.63) is 88.7 Å². The summed E-state index contributed by atoms with van der Waals surface area (Å²) in [7, 11) is -3.51. The number of sulfone groups is 1. The number of rotatable bonds is 4. The van der Waals surface area contributed by atoms with E-state index in [2.05, 4.69) is 4.98 Å². The summed E-state index contributed by atoms with van der Waals surface area (Å²) in [5, 5.41) is 2.35. The zero-order valence-electron chi connectivity index (χ0n) is 19.1. The largest absolute Gasteiger partial charge is 0.307 e. The van der Waals surface area contributed by atoms with Crippen LogP contribution in [0.15, 0.2) is 78.1 Å². The van der Waals surface area contributed by atoms with E-state index in [4.69, 9.17) is 16.6 Å². The van der Waals surface area contributed by atoms with Gasteiger partial charge in [0.2, 0.25) is 0 Å². The zero-order valence-corrected chi connectivity index (χ0v) is 21.4. The highest BCUT2D eigenvalue weighted by Gasteiger charge is 2.30. The minimum absolute atomic E-state index is 0.106. The summed E-state index contributed by atoms with van der Waals surface area (Å²) in [6.07, 6.45) is 5.07. The summed E-state index contributed by atoms with van der Waals surface area (Å²) in [6, 6.07) is 18.2. The lowest BCUT2D eigenvalue weighted by Gasteiger charge is -2.26. The molecule has 1 aliphatic heterocycles. The van der Waals surface area contributed by atoms with Gasteiger partial charge >= 0.3 is 0 Å². The molecule has 7 nitrogen and oxygen atoms in total. The molecule has 0 unspecified atom stereocenters. The molecule has 36 heavy (non-hydrogen) atoms. The standard InChI is InChI=1S/C26H19ClN4O3S2/c1-36(33,34)23-15-17-14-20(6-7-22(17)31(23)19-8-11-28-12-9-19)30-13-10-21-24(26(30)32)35-25(29-21)16-2-4-18(27)5-3-16/h2-9,11-12,14-15H,10,13H2,1H3. The van der Waals surface area contributed by atoms with E-state index in [9.17, 15) is 13.2 Å². The number of pyridine rings is 1. The number of amides is 1. The van der Waals surface area contributed by atoms with Gasteiger partial charge in [-0.15, -0.1) is 11.3 Å². The normalized spacial score (nSPS) is 13.8. The fraction of sp³-hybridized carbons (Fsp3) is 0.115. The summed E-state index contributed by atoms with van der Waals surface area (Å²) in [6.45, 7) is 0.491. The molecule has 5 aromatic rings. The molecule has 1 amide bonds. The second-order valence-corrected chi connectivity index (χ2v) is 11.9. The first-order chi connectivity index (χ1) is 17.3. The van der Waals surface area contributed by atoms with Crippen LogP contribution in [0.3, 0.4) is 0 Å². The monoisotopic (exact) mass is 534 g/mol. The first-order valence-electron chi connectivity index (χ1n) is 11.1. The van der Waals surface area contributed by atoms with Crippen molar-refractivity contribution >= 4 is 55.3 Å². The Balaban J connectivity index is 1.40. The second-order valence-electron chi connectivity index (χ2n) is 8.55. The highest BCUT2D eigenvalue weighted by molar-refractivity contribution is 7.90. The average Bonchev–Trinajstić information content (AvgIpc) is 3.47. The summed E-state index contributed by atoms with van der Waals surface area (Å²) in [5.41, 5.74) is 3.87. The second kappa shape index (κ2) is 8.55. The topological polar surface area (TPSA) is 85.2 Å². The van der Waals surface area contributed by atoms with Crippen molar-refractivity contribution in [2.75, 3.05) is 17.7 Å². The van der Waals surface area contributed by atoms with Crippen LogP contribution >= 0.6 is 22.9 Å². The van der Waals surface area contributed by atoms with E-state index in [0.717, 1.165) is 27.2 Å². The fourth-order valence-corrected chi connectivity index (χ4v) is 6.54. The third-order valence-electron chi connectivity index (χ3n) is 6.16. The van der Waals surface area contributed by atoms with Gasteiger partial charge in [0.25, 0.3) is 5.91 Å². The van der Waals surface area contributed by atoms with Gasteiger partial charge in [-0.25, -0.2) is 13.4 Å². The summed E-state index contributed by atoms with van der Waals surface area (Å²) >= 11 is 7.38. The van der Waals surface area contributed by atoms with Crippen molar-refractivity contribution in [1.29, 1.82) is 0 Å². The maximum absolute atomic E-state index is 13.5. The maximum Gasteiger partial charge on any atom is 0.270 e. The third kappa shape index (κ3) is 3.89. The molecule has 6 rings (SSSR count). The highest BCUT2D eigenvalue weighted by atomic mass is 35.5. The molecule has 0 saturated carbocycles. The van der Waals surface area contributed by atoms with Crippen molar-refractivity contribution in [2.24, 2.45) is 0 Å². The number of anilines is 1. The fourth-order valence-electron chi connectivity index (χ4n) is 4.47. The molecule has 1 aliphatic rings. The van der Waals surface area contributed by atoms with Crippen molar-refractivity contribution in [2.45, 2.75) is 11.4 Å². The molecule has 0 N–H and O–H groups in total. The van der Waals surface area contributed by atoms with Gasteiger partial charge in [0.15, 0.2) is 9.84 Å². The molecule has 10 heteroatoms. The van der Waals surface area contributed by atoms with Gasteiger partial charge in [0, 0.05) is 59.0 Å². The van der Waals surface area contributed by atoms with E-state index < -0.39 is 9.84 Å². The summed E-state index contributed by atoms with van der Waals surface area (Å²) in [4.78, 5) is 24.6. The molecule has 0 aliphatic carbocycles. The van der Waals surface area contributed by atoms with Crippen LogP contribution in [0.4, 0.5) is 5.69 Å². The van der Waals surface area contributed by atoms with Crippen molar-refractivity contribution in [3.63, 3.8) is 0 Å². The lowest BCUT2D eigenvalue weighted by Crippen LogP contribution is -2.36. The Morgan fingerprint density at radius 1 is 0.972 bits per heavy atom. The molecule has 0 bridgehead atoms. The van der Waals surface area contributed by atoms with E-state index in [1.807, 2.05) is 42.5 Å². The minimum atomic E-state index is -3.51. The van der Waals surface area contributed by atoms with Crippen LogP contribution in [0.2, 0.25) is 5.02 Å². The van der Waals surface area contributed by atoms with E-state index in [-0.39, 0.29) is 10.9 Å². The zero-order chi connectivity index (χ0) is 25.0. The molecule has 2 aromatic carbocycles. The number of carbonyl (C=O) groups excluding carboxylic acids is 1. The van der Waals surface area contributed by atoms with Crippen molar-refractivity contribution in [3.8, 4) is 16.3 Å². The lowest BCUT2D eigenvalue weighted by molar-refractivity contribution is 0.0984. The summed E-state index contributed by atoms with van der Waals surface area (Å²) < 4.78 is 26.9. The Kier molecular flexibility index (Phi) is 5.44. The quantitative estimate of drug-likeness (QED) is 0.308. The van der Waals surface area contributed by atoms with Crippen molar-refractivity contribution in [1.82, 2.24) is 14.5 Å². The predicted octanol–water partition coefficient (Wildman–Crippen LogP) is 5.41. The van der Waals surface area contributed by atoms with Crippen LogP contribution < -0.4 is 4.90 Å². The SMILES string of the molecule is CS(=O)(=O)c1cc2cc(N3CCc4nc(-c5ccc(Cl)cc5)sc4C3=O)ccc2n1-c1ccncc1.